The van der Waals surface area contributed by atoms with Gasteiger partial charge in [-0.2, -0.15) is 27.6 Å². The van der Waals surface area contributed by atoms with Crippen LogP contribution >= 0.6 is 0 Å². The number of benzene rings is 1. The van der Waals surface area contributed by atoms with Crippen LogP contribution in [0.15, 0.2) is 12.3 Å². The summed E-state index contributed by atoms with van der Waals surface area (Å²) in [5, 5.41) is 13.9. The summed E-state index contributed by atoms with van der Waals surface area (Å²) in [6.45, 7) is 0.835. The second-order valence-electron chi connectivity index (χ2n) is 9.47. The van der Waals surface area contributed by atoms with Crippen molar-refractivity contribution in [3.8, 4) is 17.0 Å². The van der Waals surface area contributed by atoms with Crippen LogP contribution in [-0.4, -0.2) is 69.5 Å². The zero-order chi connectivity index (χ0) is 26.9. The zero-order valence-electron chi connectivity index (χ0n) is 19.8. The fraction of sp³-hybridized carbons (Fsp3) is 0.500. The van der Waals surface area contributed by atoms with Gasteiger partial charge in [0.2, 0.25) is 16.0 Å². The van der Waals surface area contributed by atoms with Crippen LogP contribution in [0, 0.1) is 17.6 Å². The first-order valence-electron chi connectivity index (χ1n) is 11.5. The minimum absolute atomic E-state index is 0.0952. The number of hydrogen-bond donors (Lipinski definition) is 1. The van der Waals surface area contributed by atoms with Gasteiger partial charge in [-0.1, -0.05) is 12.8 Å². The molecule has 15 heteroatoms. The Bertz CT molecular complexity index is 1490. The molecule has 1 aliphatic heterocycles. The van der Waals surface area contributed by atoms with Gasteiger partial charge < -0.3 is 10.0 Å². The van der Waals surface area contributed by atoms with Crippen LogP contribution in [0.3, 0.4) is 0 Å². The van der Waals surface area contributed by atoms with E-state index in [1.54, 1.807) is 0 Å². The summed E-state index contributed by atoms with van der Waals surface area (Å²) in [4.78, 5) is 10.8. The van der Waals surface area contributed by atoms with Crippen LogP contribution in [0.5, 0.6) is 5.75 Å². The molecule has 9 nitrogen and oxygen atoms in total. The van der Waals surface area contributed by atoms with Gasteiger partial charge in [0.15, 0.2) is 23.0 Å². The highest BCUT2D eigenvalue weighted by Gasteiger charge is 2.39. The number of aromatic nitrogens is 4. The highest BCUT2D eigenvalue weighted by molar-refractivity contribution is 7.88. The molecule has 1 aliphatic carbocycles. The zero-order valence-corrected chi connectivity index (χ0v) is 20.6. The number of fused-ring (bicyclic) bond motifs is 1. The van der Waals surface area contributed by atoms with Gasteiger partial charge >= 0.3 is 6.18 Å². The molecule has 3 heterocycles. The molecule has 200 valence electrons. The first kappa shape index (κ1) is 25.6. The number of piperazine rings is 1. The second kappa shape index (κ2) is 8.75. The number of hydrogen-bond acceptors (Lipinski definition) is 7. The van der Waals surface area contributed by atoms with Crippen molar-refractivity contribution in [2.45, 2.75) is 31.5 Å². The lowest BCUT2D eigenvalue weighted by molar-refractivity contribution is -0.140. The summed E-state index contributed by atoms with van der Waals surface area (Å²) in [6.07, 6.45) is 0.138. The maximum Gasteiger partial charge on any atom is 0.419 e. The number of phenolic OH excluding ortho intramolecular Hbond substituents is 1. The average molecular weight is 547 g/mol. The van der Waals surface area contributed by atoms with Crippen molar-refractivity contribution in [2.24, 2.45) is 13.0 Å². The lowest BCUT2D eigenvalue weighted by Gasteiger charge is -2.40. The SMILES string of the molecule is Cn1nc(-c2cc(C(F)(F)F)c(F)c(O)c2F)c2cnc(N3CCN(S(C)(=O)=O)C[C@H]3CC3CC3)nc21. The van der Waals surface area contributed by atoms with E-state index in [-0.39, 0.29) is 47.9 Å². The first-order chi connectivity index (χ1) is 17.3. The summed E-state index contributed by atoms with van der Waals surface area (Å²) in [7, 11) is -1.93. The Morgan fingerprint density at radius 2 is 1.86 bits per heavy atom. The highest BCUT2D eigenvalue weighted by Crippen LogP contribution is 2.42. The third-order valence-corrected chi connectivity index (χ3v) is 8.05. The average Bonchev–Trinajstić information content (AvgIpc) is 3.58. The normalized spacial score (nSPS) is 19.6. The predicted octanol–water partition coefficient (Wildman–Crippen LogP) is 3.28. The van der Waals surface area contributed by atoms with Crippen molar-refractivity contribution >= 4 is 27.0 Å². The molecule has 2 fully saturated rings. The minimum atomic E-state index is -5.18. The molecule has 0 radical (unpaired) electrons. The Kier molecular flexibility index (Phi) is 6.05. The van der Waals surface area contributed by atoms with Crippen molar-refractivity contribution < 1.29 is 35.5 Å². The van der Waals surface area contributed by atoms with E-state index in [1.807, 2.05) is 4.90 Å². The van der Waals surface area contributed by atoms with Crippen LogP contribution in [0.4, 0.5) is 27.9 Å². The fourth-order valence-electron chi connectivity index (χ4n) is 4.70. The topological polar surface area (TPSA) is 104 Å². The van der Waals surface area contributed by atoms with Gasteiger partial charge in [-0.3, -0.25) is 0 Å². The number of sulfonamides is 1. The molecule has 2 aromatic heterocycles. The molecule has 1 N–H and O–H groups in total. The number of phenols is 1. The Labute approximate surface area is 208 Å². The molecule has 1 saturated carbocycles. The van der Waals surface area contributed by atoms with Crippen molar-refractivity contribution in [1.82, 2.24) is 24.1 Å². The molecular weight excluding hydrogens is 523 g/mol. The fourth-order valence-corrected chi connectivity index (χ4v) is 5.55. The van der Waals surface area contributed by atoms with Crippen LogP contribution in [0.25, 0.3) is 22.3 Å². The summed E-state index contributed by atoms with van der Waals surface area (Å²) in [5.74, 6) is -4.69. The largest absolute Gasteiger partial charge is 0.503 e. The smallest absolute Gasteiger partial charge is 0.419 e. The number of alkyl halides is 3. The highest BCUT2D eigenvalue weighted by atomic mass is 32.2. The van der Waals surface area contributed by atoms with Crippen LogP contribution in [-0.2, 0) is 23.2 Å². The third-order valence-electron chi connectivity index (χ3n) is 6.78. The van der Waals surface area contributed by atoms with E-state index in [1.165, 1.54) is 22.2 Å². The molecule has 0 spiro atoms. The molecule has 1 saturated heterocycles. The number of aromatic hydroxyl groups is 1. The van der Waals surface area contributed by atoms with Crippen molar-refractivity contribution in [1.29, 1.82) is 0 Å². The van der Waals surface area contributed by atoms with Gasteiger partial charge in [-0.05, 0) is 18.4 Å². The predicted molar refractivity (Wildman–Crippen MR) is 123 cm³/mol. The Balaban J connectivity index is 1.56. The van der Waals surface area contributed by atoms with Crippen molar-refractivity contribution in [3.05, 3.63) is 29.5 Å². The van der Waals surface area contributed by atoms with E-state index in [9.17, 15) is 35.5 Å². The number of anilines is 1. The van der Waals surface area contributed by atoms with E-state index in [0.29, 0.717) is 12.5 Å². The first-order valence-corrected chi connectivity index (χ1v) is 13.3. The van der Waals surface area contributed by atoms with Crippen molar-refractivity contribution in [2.75, 3.05) is 30.8 Å². The van der Waals surface area contributed by atoms with Crippen molar-refractivity contribution in [3.63, 3.8) is 0 Å². The third kappa shape index (κ3) is 4.69. The summed E-state index contributed by atoms with van der Waals surface area (Å²) in [6, 6.07) is 0.0813. The monoisotopic (exact) mass is 546 g/mol. The maximum absolute atomic E-state index is 14.7. The van der Waals surface area contributed by atoms with Gasteiger partial charge in [0, 0.05) is 44.5 Å². The summed E-state index contributed by atoms with van der Waals surface area (Å²) in [5.41, 5.74) is -2.70. The van der Waals surface area contributed by atoms with E-state index >= 15 is 0 Å². The van der Waals surface area contributed by atoms with E-state index in [2.05, 4.69) is 15.1 Å². The molecule has 0 unspecified atom stereocenters. The molecule has 0 bridgehead atoms. The van der Waals surface area contributed by atoms with Crippen LogP contribution in [0.1, 0.15) is 24.8 Å². The molecule has 0 amide bonds. The molecule has 5 rings (SSSR count). The van der Waals surface area contributed by atoms with E-state index in [0.717, 1.165) is 25.5 Å². The van der Waals surface area contributed by atoms with Gasteiger partial charge in [-0.25, -0.2) is 26.9 Å². The number of halogens is 5. The number of aryl methyl sites for hydroxylation is 1. The number of nitrogens with zero attached hydrogens (tertiary/aromatic N) is 6. The van der Waals surface area contributed by atoms with Crippen LogP contribution in [0.2, 0.25) is 0 Å². The Morgan fingerprint density at radius 1 is 1.16 bits per heavy atom. The molecule has 1 aromatic carbocycles. The number of rotatable bonds is 5. The lowest BCUT2D eigenvalue weighted by atomic mass is 10.0. The molecular formula is C22H23F5N6O3S. The van der Waals surface area contributed by atoms with E-state index in [4.69, 9.17) is 0 Å². The standard InChI is InChI=1S/C22H23F5N6O3S/c1-31-20-14(18(30-31)13-8-15(22(25,26)27)17(24)19(34)16(13)23)9-28-21(29-20)33-6-5-32(37(2,35)36)10-12(33)7-11-3-4-11/h8-9,11-12,34H,3-7,10H2,1-2H3/t12-/m1/s1. The quantitative estimate of drug-likeness (QED) is 0.490. The molecule has 3 aromatic rings. The second-order valence-corrected chi connectivity index (χ2v) is 11.5. The summed E-state index contributed by atoms with van der Waals surface area (Å²) < 4.78 is 95.4. The molecule has 1 atom stereocenters. The van der Waals surface area contributed by atoms with Gasteiger partial charge in [0.1, 0.15) is 5.69 Å². The van der Waals surface area contributed by atoms with Gasteiger partial charge in [-0.15, -0.1) is 0 Å². The maximum atomic E-state index is 14.7. The Morgan fingerprint density at radius 3 is 2.49 bits per heavy atom. The minimum Gasteiger partial charge on any atom is -0.503 e. The van der Waals surface area contributed by atoms with E-state index < -0.39 is 44.7 Å². The Hall–Kier alpha value is -3.07. The summed E-state index contributed by atoms with van der Waals surface area (Å²) >= 11 is 0. The van der Waals surface area contributed by atoms with Gasteiger partial charge in [0.25, 0.3) is 0 Å². The molecule has 37 heavy (non-hydrogen) atoms. The lowest BCUT2D eigenvalue weighted by Crippen LogP contribution is -2.55. The molecule has 2 aliphatic rings. The van der Waals surface area contributed by atoms with Crippen LogP contribution < -0.4 is 4.90 Å². The van der Waals surface area contributed by atoms with Gasteiger partial charge in [0.05, 0.1) is 17.2 Å².